The third kappa shape index (κ3) is 37.1. The van der Waals surface area contributed by atoms with E-state index in [0.717, 1.165) is 45.6 Å². The third-order valence-electron chi connectivity index (χ3n) is 8.48. The molecular weight excluding hydrogens is 1010 g/mol. The summed E-state index contributed by atoms with van der Waals surface area (Å²) in [5, 5.41) is 34.0. The number of aryl methyl sites for hydroxylation is 11. The molecule has 0 saturated heterocycles. The van der Waals surface area contributed by atoms with Gasteiger partial charge in [0.15, 0.2) is 0 Å². The van der Waals surface area contributed by atoms with Gasteiger partial charge in [-0.25, -0.2) is 59.8 Å². The molecule has 0 N–H and O–H groups in total. The van der Waals surface area contributed by atoms with Gasteiger partial charge < -0.3 is 0 Å². The maximum absolute atomic E-state index is 4.11. The maximum Gasteiger partial charge on any atom is 0.147 e. The molecule has 0 radical (unpaired) electrons. The first-order valence-corrected chi connectivity index (χ1v) is 24.1. The molecule has 25 nitrogen and oxygen atoms in total. The zero-order chi connectivity index (χ0) is 58.1. The minimum absolute atomic E-state index is 0.711. The Labute approximate surface area is 465 Å². The molecule has 25 heteroatoms. The molecule has 11 aromatic heterocycles. The number of hydrogen-bond acceptors (Lipinski definition) is 24. The van der Waals surface area contributed by atoms with Gasteiger partial charge in [0.1, 0.15) is 55.4 Å². The smallest absolute Gasteiger partial charge is 0.147 e. The molecule has 0 aliphatic rings. The zero-order valence-electron chi connectivity index (χ0n) is 46.7. The van der Waals surface area contributed by atoms with Crippen LogP contribution in [0.3, 0.4) is 0 Å². The summed E-state index contributed by atoms with van der Waals surface area (Å²) in [6, 6.07) is 17.7. The van der Waals surface area contributed by atoms with E-state index in [4.69, 9.17) is 0 Å². The van der Waals surface area contributed by atoms with Crippen LogP contribution in [0.1, 0.15) is 56.9 Å². The first kappa shape index (κ1) is 65.4. The second-order valence-corrected chi connectivity index (χ2v) is 15.6. The van der Waals surface area contributed by atoms with E-state index < -0.39 is 0 Å². The topological polar surface area (TPSA) is 314 Å². The van der Waals surface area contributed by atoms with Crippen molar-refractivity contribution in [2.75, 3.05) is 0 Å². The summed E-state index contributed by atoms with van der Waals surface area (Å²) in [5.41, 5.74) is 8.41. The van der Waals surface area contributed by atoms with Crippen LogP contribution < -0.4 is 0 Å². The lowest BCUT2D eigenvalue weighted by atomic mass is 10.3. The Morgan fingerprint density at radius 2 is 0.900 bits per heavy atom. The Kier molecular flexibility index (Phi) is 35.6. The van der Waals surface area contributed by atoms with Crippen LogP contribution in [-0.2, 0) is 7.05 Å². The Bertz CT molecular complexity index is 2620. The number of rotatable bonds is 0. The van der Waals surface area contributed by atoms with E-state index in [1.54, 1.807) is 112 Å². The Morgan fingerprint density at radius 1 is 0.287 bits per heavy atom. The van der Waals surface area contributed by atoms with Crippen molar-refractivity contribution in [3.63, 3.8) is 0 Å². The number of hydrogen-bond donors (Lipinski definition) is 0. The molecular formula is C55H65N25. The van der Waals surface area contributed by atoms with E-state index in [1.807, 2.05) is 117 Å². The maximum atomic E-state index is 4.11. The normalized spacial score (nSPS) is 8.94. The number of fused-ring (bicyclic) bond motifs is 1. The lowest BCUT2D eigenvalue weighted by Gasteiger charge is -1.90. The van der Waals surface area contributed by atoms with Crippen molar-refractivity contribution in [1.82, 2.24) is 125 Å². The summed E-state index contributed by atoms with van der Waals surface area (Å²) in [7, 11) is 1.95. The fourth-order valence-electron chi connectivity index (χ4n) is 4.58. The van der Waals surface area contributed by atoms with Crippen LogP contribution in [0.25, 0.3) is 10.9 Å². The Morgan fingerprint density at radius 3 is 1.25 bits per heavy atom. The lowest BCUT2D eigenvalue weighted by Crippen LogP contribution is -1.87. The average molecular weight is 1080 g/mol. The lowest BCUT2D eigenvalue weighted by molar-refractivity contribution is 0.797. The molecule has 80 heavy (non-hydrogen) atoms. The van der Waals surface area contributed by atoms with Crippen LogP contribution in [0.2, 0.25) is 0 Å². The largest absolute Gasteiger partial charge is 0.268 e. The number of aromatic nitrogens is 25. The van der Waals surface area contributed by atoms with Gasteiger partial charge in [-0.1, -0.05) is 18.2 Å². The molecule has 0 fully saturated rings. The molecule has 0 saturated carbocycles. The van der Waals surface area contributed by atoms with Gasteiger partial charge in [-0.05, 0) is 122 Å². The first-order valence-electron chi connectivity index (χ1n) is 24.1. The van der Waals surface area contributed by atoms with Crippen molar-refractivity contribution >= 4 is 10.9 Å². The summed E-state index contributed by atoms with van der Waals surface area (Å²) in [6.45, 7) is 19.0. The fraction of sp³-hybridized carbons (Fsp3) is 0.200. The molecule has 0 spiro atoms. The van der Waals surface area contributed by atoms with E-state index in [2.05, 4.69) is 133 Å². The van der Waals surface area contributed by atoms with Gasteiger partial charge in [0.2, 0.25) is 0 Å². The van der Waals surface area contributed by atoms with Crippen LogP contribution in [0.4, 0.5) is 0 Å². The predicted molar refractivity (Wildman–Crippen MR) is 302 cm³/mol. The van der Waals surface area contributed by atoms with Crippen LogP contribution in [0.5, 0.6) is 0 Å². The van der Waals surface area contributed by atoms with Crippen molar-refractivity contribution < 1.29 is 0 Å². The average Bonchev–Trinajstić information content (AvgIpc) is 3.88. The number of nitrogens with zero attached hydrogens (tertiary/aromatic N) is 25. The molecule has 11 heterocycles. The third-order valence-corrected chi connectivity index (χ3v) is 8.48. The summed E-state index contributed by atoms with van der Waals surface area (Å²) < 4.78 is 1.87. The van der Waals surface area contributed by atoms with Crippen molar-refractivity contribution in [3.05, 3.63) is 255 Å². The highest BCUT2D eigenvalue weighted by Crippen LogP contribution is 2.10. The second-order valence-electron chi connectivity index (χ2n) is 15.6. The van der Waals surface area contributed by atoms with Gasteiger partial charge in [0.05, 0.1) is 53.6 Å². The molecule has 410 valence electrons. The zero-order valence-corrected chi connectivity index (χ0v) is 46.7. The van der Waals surface area contributed by atoms with Crippen LogP contribution in [0.15, 0.2) is 198 Å². The molecule has 0 atom stereocenters. The highest BCUT2D eigenvalue weighted by atomic mass is 15.2. The van der Waals surface area contributed by atoms with Gasteiger partial charge >= 0.3 is 0 Å². The van der Waals surface area contributed by atoms with E-state index in [1.165, 1.54) is 54.4 Å². The van der Waals surface area contributed by atoms with Crippen LogP contribution >= 0.6 is 0 Å². The summed E-state index contributed by atoms with van der Waals surface area (Å²) in [4.78, 5) is 56.9. The van der Waals surface area contributed by atoms with Gasteiger partial charge in [0.25, 0.3) is 0 Å². The summed E-state index contributed by atoms with van der Waals surface area (Å²) in [5.74, 6) is 2.29. The monoisotopic (exact) mass is 1080 g/mol. The van der Waals surface area contributed by atoms with Crippen molar-refractivity contribution in [3.8, 4) is 0 Å². The Hall–Kier alpha value is -10.7. The van der Waals surface area contributed by atoms with Gasteiger partial charge in [-0.15, -0.1) is 15.3 Å². The SMILES string of the molecule is Cc1ccncc1.Cc1ccncn1.Cc1ccnnc1.Cc1cnccn1.Cc1cncnc1.Cc1cncnn1.Cc1cnncn1.Cc1ncccn1.Cc1nccnn1.Cc1ncncn1.Cn1ncc2ccccc21. The van der Waals surface area contributed by atoms with E-state index in [-0.39, 0.29) is 0 Å². The standard InChI is InChI=1S/C8H8N2.C6H7N.5C5H6N2.4C4H5N3/c1-10-8-5-3-2-4-7(8)6-9-10;1-6-2-4-7-5-3-6;1-5-2-6-4-7-3-5;1-5-4-6-2-3-7-5;1-5-2-3-6-4-7-5;1-5-2-3-6-7-4-5;1-5-6-3-2-4-7-5;1-4-6-2-5-3-7-4;1-4-2-6-7-3-5-4;1-4-2-5-3-6-7-4;1-4-5-2-3-6-7-4/h2-6H,1H3;2-5H,1H3;5*2-4H,1H3;4*2-3H,1H3. The molecule has 0 aliphatic carbocycles. The summed E-state index contributed by atoms with van der Waals surface area (Å²) in [6.07, 6.45) is 37.9. The van der Waals surface area contributed by atoms with E-state index >= 15 is 0 Å². The summed E-state index contributed by atoms with van der Waals surface area (Å²) >= 11 is 0. The Balaban J connectivity index is 0.000000301. The number of benzene rings is 1. The predicted octanol–water partition coefficient (Wildman–Crippen LogP) is 7.61. The number of para-hydroxylation sites is 1. The second kappa shape index (κ2) is 43.5. The quantitative estimate of drug-likeness (QED) is 0.141. The van der Waals surface area contributed by atoms with Gasteiger partial charge in [-0.3, -0.25) is 19.6 Å². The fourth-order valence-corrected chi connectivity index (χ4v) is 4.58. The van der Waals surface area contributed by atoms with Gasteiger partial charge in [-0.2, -0.15) is 30.6 Å². The van der Waals surface area contributed by atoms with Crippen molar-refractivity contribution in [2.24, 2.45) is 7.05 Å². The van der Waals surface area contributed by atoms with Crippen molar-refractivity contribution in [1.29, 1.82) is 0 Å². The van der Waals surface area contributed by atoms with Crippen LogP contribution in [0, 0.1) is 69.2 Å². The van der Waals surface area contributed by atoms with E-state index in [0.29, 0.717) is 5.82 Å². The van der Waals surface area contributed by atoms with E-state index in [9.17, 15) is 0 Å². The molecule has 1 aromatic carbocycles. The molecule has 0 aliphatic heterocycles. The minimum atomic E-state index is 0.711. The van der Waals surface area contributed by atoms with Crippen molar-refractivity contribution in [2.45, 2.75) is 69.2 Å². The number of pyridine rings is 1. The highest BCUT2D eigenvalue weighted by Gasteiger charge is 1.94. The molecule has 0 unspecified atom stereocenters. The highest BCUT2D eigenvalue weighted by molar-refractivity contribution is 5.78. The molecule has 12 rings (SSSR count). The van der Waals surface area contributed by atoms with Crippen LogP contribution in [-0.4, -0.2) is 125 Å². The molecule has 12 aromatic rings. The molecule has 0 bridgehead atoms. The molecule has 0 amide bonds. The first-order chi connectivity index (χ1) is 38.8. The minimum Gasteiger partial charge on any atom is -0.268 e. The van der Waals surface area contributed by atoms with Gasteiger partial charge in [0, 0.05) is 92.5 Å².